The van der Waals surface area contributed by atoms with E-state index in [0.29, 0.717) is 30.5 Å². The molecule has 0 atom stereocenters. The molecule has 162 valence electrons. The van der Waals surface area contributed by atoms with Crippen molar-refractivity contribution in [3.8, 4) is 0 Å². The Kier molecular flexibility index (Phi) is 5.19. The molecule has 0 unspecified atom stereocenters. The first kappa shape index (κ1) is 20.1. The summed E-state index contributed by atoms with van der Waals surface area (Å²) in [6, 6.07) is 11.4. The highest BCUT2D eigenvalue weighted by Crippen LogP contribution is 2.50. The van der Waals surface area contributed by atoms with Crippen molar-refractivity contribution >= 4 is 23.2 Å². The van der Waals surface area contributed by atoms with Crippen molar-refractivity contribution < 1.29 is 4.74 Å². The quantitative estimate of drug-likeness (QED) is 0.479. The number of hydrogen-bond donors (Lipinski definition) is 2. The number of nitrogens with one attached hydrogen (secondary N) is 1. The van der Waals surface area contributed by atoms with E-state index in [1.54, 1.807) is 0 Å². The summed E-state index contributed by atoms with van der Waals surface area (Å²) in [5, 5.41) is 4.02. The van der Waals surface area contributed by atoms with Gasteiger partial charge in [-0.25, -0.2) is 14.5 Å². The summed E-state index contributed by atoms with van der Waals surface area (Å²) < 4.78 is 6.83. The third-order valence-electron chi connectivity index (χ3n) is 6.35. The highest BCUT2D eigenvalue weighted by atomic mass is 35.5. The van der Waals surface area contributed by atoms with Gasteiger partial charge < -0.3 is 15.4 Å². The molecule has 31 heavy (non-hydrogen) atoms. The Balaban J connectivity index is 1.46. The van der Waals surface area contributed by atoms with Crippen LogP contribution in [0.2, 0.25) is 5.02 Å². The molecule has 1 saturated heterocycles. The Morgan fingerprint density at radius 1 is 1.26 bits per heavy atom. The number of rotatable bonds is 4. The summed E-state index contributed by atoms with van der Waals surface area (Å²) in [4.78, 5) is 23.8. The molecule has 3 heterocycles. The van der Waals surface area contributed by atoms with Crippen LogP contribution >= 0.6 is 11.6 Å². The number of hydrogen-bond acceptors (Lipinski definition) is 4. The van der Waals surface area contributed by atoms with Crippen LogP contribution in [-0.4, -0.2) is 51.8 Å². The minimum atomic E-state index is -0.211. The molecular weight excluding hydrogens is 416 g/mol. The molecule has 0 spiro atoms. The highest BCUT2D eigenvalue weighted by Gasteiger charge is 2.43. The predicted octanol–water partition coefficient (Wildman–Crippen LogP) is 2.29. The summed E-state index contributed by atoms with van der Waals surface area (Å²) in [6.45, 7) is 2.97. The van der Waals surface area contributed by atoms with Gasteiger partial charge in [0.05, 0.1) is 25.5 Å². The van der Waals surface area contributed by atoms with Crippen molar-refractivity contribution in [2.45, 2.75) is 31.2 Å². The minimum Gasteiger partial charge on any atom is -0.378 e. The first-order chi connectivity index (χ1) is 15.1. The molecule has 1 aromatic carbocycles. The Labute approximate surface area is 184 Å². The van der Waals surface area contributed by atoms with Crippen LogP contribution in [0.3, 0.4) is 0 Å². The lowest BCUT2D eigenvalue weighted by Gasteiger charge is -2.42. The van der Waals surface area contributed by atoms with Crippen LogP contribution in [0.5, 0.6) is 0 Å². The fourth-order valence-corrected chi connectivity index (χ4v) is 4.80. The van der Waals surface area contributed by atoms with E-state index in [9.17, 15) is 4.79 Å². The van der Waals surface area contributed by atoms with Crippen LogP contribution < -0.4 is 11.3 Å². The van der Waals surface area contributed by atoms with Gasteiger partial charge in [0, 0.05) is 41.4 Å². The normalized spacial score (nSPS) is 18.9. The number of fused-ring (bicyclic) bond motifs is 1. The second kappa shape index (κ2) is 8.01. The maximum atomic E-state index is 12.8. The zero-order chi connectivity index (χ0) is 21.4. The maximum absolute atomic E-state index is 12.8. The van der Waals surface area contributed by atoms with E-state index in [1.807, 2.05) is 29.2 Å². The van der Waals surface area contributed by atoms with Gasteiger partial charge in [0.1, 0.15) is 0 Å². The Hall–Kier alpha value is -2.84. The third-order valence-corrected chi connectivity index (χ3v) is 6.68. The number of benzene rings is 1. The molecule has 2 fully saturated rings. The molecule has 0 radical (unpaired) electrons. The topological polar surface area (TPSA) is 101 Å². The van der Waals surface area contributed by atoms with E-state index in [-0.39, 0.29) is 17.5 Å². The van der Waals surface area contributed by atoms with Gasteiger partial charge in [0.25, 0.3) is 5.56 Å². The van der Waals surface area contributed by atoms with Crippen LogP contribution in [0.1, 0.15) is 36.2 Å². The molecule has 8 nitrogen and oxygen atoms in total. The molecule has 1 saturated carbocycles. The number of nitrogens with two attached hydrogens (primary N) is 1. The second-order valence-corrected chi connectivity index (χ2v) is 8.55. The highest BCUT2D eigenvalue weighted by molar-refractivity contribution is 6.31. The molecule has 2 aromatic heterocycles. The van der Waals surface area contributed by atoms with Crippen molar-refractivity contribution in [3.63, 3.8) is 0 Å². The first-order valence-corrected chi connectivity index (χ1v) is 10.9. The van der Waals surface area contributed by atoms with Gasteiger partial charge in [-0.2, -0.15) is 0 Å². The predicted molar refractivity (Wildman–Crippen MR) is 120 cm³/mol. The smallest absolute Gasteiger partial charge is 0.272 e. The lowest BCUT2D eigenvalue weighted by molar-refractivity contribution is 0.0674. The Bertz CT molecular complexity index is 1190. The number of guanidine groups is 1. The van der Waals surface area contributed by atoms with Crippen molar-refractivity contribution in [1.29, 1.82) is 0 Å². The Morgan fingerprint density at radius 2 is 2.03 bits per heavy atom. The average Bonchev–Trinajstić information content (AvgIpc) is 3.18. The van der Waals surface area contributed by atoms with Gasteiger partial charge in [0.2, 0.25) is 0 Å². The van der Waals surface area contributed by atoms with Gasteiger partial charge in [-0.1, -0.05) is 36.2 Å². The van der Waals surface area contributed by atoms with E-state index in [4.69, 9.17) is 22.1 Å². The standard InChI is InChI=1S/C22H25ClN6O2/c23-17-5-2-1-4-16(17)22(6-3-7-22)18-13-19-26-15(12-20(30)29(19)27-18)14-25-21(24)28-8-10-31-11-9-28/h1-2,4-5,12-13,27H,3,6-11,14H2,(H2,24,25). The second-order valence-electron chi connectivity index (χ2n) is 8.14. The van der Waals surface area contributed by atoms with Crippen molar-refractivity contribution in [2.75, 3.05) is 26.3 Å². The van der Waals surface area contributed by atoms with Crippen molar-refractivity contribution in [2.24, 2.45) is 10.7 Å². The first-order valence-electron chi connectivity index (χ1n) is 10.6. The van der Waals surface area contributed by atoms with E-state index in [2.05, 4.69) is 21.1 Å². The maximum Gasteiger partial charge on any atom is 0.272 e. The monoisotopic (exact) mass is 440 g/mol. The number of aromatic nitrogens is 3. The van der Waals surface area contributed by atoms with Crippen molar-refractivity contribution in [1.82, 2.24) is 19.5 Å². The molecule has 0 amide bonds. The number of H-pyrrole nitrogens is 1. The van der Waals surface area contributed by atoms with Crippen LogP contribution in [-0.2, 0) is 16.7 Å². The molecule has 5 rings (SSSR count). The number of aromatic amines is 1. The fraction of sp³-hybridized carbons (Fsp3) is 0.409. The molecule has 1 aliphatic heterocycles. The summed E-state index contributed by atoms with van der Waals surface area (Å²) in [6.07, 6.45) is 3.07. The summed E-state index contributed by atoms with van der Waals surface area (Å²) >= 11 is 6.52. The zero-order valence-corrected chi connectivity index (χ0v) is 17.9. The SMILES string of the molecule is NC(=NCc1cc(=O)n2[nH]c(C3(c4ccccc4Cl)CCC3)cc2n1)N1CCOCC1. The molecule has 3 aromatic rings. The van der Waals surface area contributed by atoms with Crippen molar-refractivity contribution in [3.05, 3.63) is 68.7 Å². The summed E-state index contributed by atoms with van der Waals surface area (Å²) in [5.74, 6) is 0.451. The van der Waals surface area contributed by atoms with E-state index in [1.165, 1.54) is 10.6 Å². The molecule has 2 aliphatic rings. The average molecular weight is 441 g/mol. The number of nitrogens with zero attached hydrogens (tertiary/aromatic N) is 4. The number of aliphatic imine (C=N–C) groups is 1. The third kappa shape index (κ3) is 3.59. The zero-order valence-electron chi connectivity index (χ0n) is 17.2. The summed E-state index contributed by atoms with van der Waals surface area (Å²) in [5.41, 5.74) is 8.95. The van der Waals surface area contributed by atoms with E-state index < -0.39 is 0 Å². The fourth-order valence-electron chi connectivity index (χ4n) is 4.48. The molecule has 1 aliphatic carbocycles. The van der Waals surface area contributed by atoms with E-state index in [0.717, 1.165) is 48.6 Å². The van der Waals surface area contributed by atoms with Crippen LogP contribution in [0, 0.1) is 0 Å². The lowest BCUT2D eigenvalue weighted by atomic mass is 9.62. The van der Waals surface area contributed by atoms with Crippen LogP contribution in [0.4, 0.5) is 0 Å². The van der Waals surface area contributed by atoms with Gasteiger partial charge >= 0.3 is 0 Å². The molecular formula is C22H25ClN6O2. The van der Waals surface area contributed by atoms with Gasteiger partial charge in [-0.15, -0.1) is 0 Å². The number of morpholine rings is 1. The van der Waals surface area contributed by atoms with Crippen LogP contribution in [0.15, 0.2) is 46.2 Å². The molecule has 0 bridgehead atoms. The number of ether oxygens (including phenoxy) is 1. The molecule has 9 heteroatoms. The van der Waals surface area contributed by atoms with Gasteiger partial charge in [-0.3, -0.25) is 9.89 Å². The van der Waals surface area contributed by atoms with E-state index >= 15 is 0 Å². The summed E-state index contributed by atoms with van der Waals surface area (Å²) in [7, 11) is 0. The lowest BCUT2D eigenvalue weighted by Crippen LogP contribution is -2.44. The number of halogens is 1. The largest absolute Gasteiger partial charge is 0.378 e. The minimum absolute atomic E-state index is 0.167. The van der Waals surface area contributed by atoms with Gasteiger partial charge in [-0.05, 0) is 24.5 Å². The van der Waals surface area contributed by atoms with Crippen LogP contribution in [0.25, 0.3) is 5.65 Å². The van der Waals surface area contributed by atoms with Gasteiger partial charge in [0.15, 0.2) is 11.6 Å². The Morgan fingerprint density at radius 3 is 2.74 bits per heavy atom. The molecule has 3 N–H and O–H groups in total.